The fourth-order valence-corrected chi connectivity index (χ4v) is 2.34. The molecule has 0 fully saturated rings. The Morgan fingerprint density at radius 3 is 3.00 bits per heavy atom. The highest BCUT2D eigenvalue weighted by Crippen LogP contribution is 2.12. The second-order valence-corrected chi connectivity index (χ2v) is 5.06. The summed E-state index contributed by atoms with van der Waals surface area (Å²) in [7, 11) is 3.95. The van der Waals surface area contributed by atoms with E-state index in [4.69, 9.17) is 12.2 Å². The van der Waals surface area contributed by atoms with Crippen LogP contribution in [0.3, 0.4) is 0 Å². The van der Waals surface area contributed by atoms with Gasteiger partial charge in [0.1, 0.15) is 0 Å². The van der Waals surface area contributed by atoms with Gasteiger partial charge in [-0.2, -0.15) is 0 Å². The molecule has 2 heterocycles. The fourth-order valence-electron chi connectivity index (χ4n) is 1.51. The number of nitrogens with one attached hydrogen (secondary N) is 1. The van der Waals surface area contributed by atoms with Gasteiger partial charge in [-0.15, -0.1) is 16.4 Å². The molecule has 0 unspecified atom stereocenters. The molecule has 4 nitrogen and oxygen atoms in total. The van der Waals surface area contributed by atoms with Crippen LogP contribution in [0.5, 0.6) is 0 Å². The summed E-state index contributed by atoms with van der Waals surface area (Å²) in [6.07, 6.45) is 1.04. The Morgan fingerprint density at radius 1 is 1.62 bits per heavy atom. The van der Waals surface area contributed by atoms with Gasteiger partial charge in [0.2, 0.25) is 5.95 Å². The van der Waals surface area contributed by atoms with E-state index in [-0.39, 0.29) is 0 Å². The average molecular weight is 254 g/mol. The van der Waals surface area contributed by atoms with Crippen molar-refractivity contribution in [3.05, 3.63) is 27.2 Å². The molecule has 0 saturated heterocycles. The number of likely N-dealkylation sites (N-methyl/N-ethyl adjacent to an activating group) is 1. The second-order valence-electron chi connectivity index (χ2n) is 3.64. The van der Waals surface area contributed by atoms with Crippen molar-refractivity contribution >= 4 is 29.5 Å². The molecule has 0 radical (unpaired) electrons. The van der Waals surface area contributed by atoms with Crippen LogP contribution in [-0.4, -0.2) is 28.4 Å². The molecule has 6 heteroatoms. The van der Waals surface area contributed by atoms with Crippen LogP contribution in [0, 0.1) is 4.77 Å². The molecule has 16 heavy (non-hydrogen) atoms. The van der Waals surface area contributed by atoms with E-state index in [1.807, 2.05) is 18.7 Å². The zero-order valence-electron chi connectivity index (χ0n) is 9.30. The molecular formula is C10H14N4S2. The molecule has 0 aliphatic carbocycles. The van der Waals surface area contributed by atoms with Gasteiger partial charge in [0.15, 0.2) is 4.77 Å². The van der Waals surface area contributed by atoms with Gasteiger partial charge in [-0.05, 0) is 30.1 Å². The zero-order chi connectivity index (χ0) is 11.5. The lowest BCUT2D eigenvalue weighted by molar-refractivity contribution is 0.792. The monoisotopic (exact) mass is 254 g/mol. The average Bonchev–Trinajstić information content (AvgIpc) is 2.88. The second kappa shape index (κ2) is 4.80. The summed E-state index contributed by atoms with van der Waals surface area (Å²) in [6.45, 7) is 0.938. The third-order valence-electron chi connectivity index (χ3n) is 2.47. The van der Waals surface area contributed by atoms with Crippen LogP contribution < -0.4 is 4.90 Å². The van der Waals surface area contributed by atoms with E-state index in [2.05, 4.69) is 32.6 Å². The lowest BCUT2D eigenvalue weighted by atomic mass is 10.3. The molecule has 0 aliphatic rings. The molecular weight excluding hydrogens is 240 g/mol. The SMILES string of the molecule is CN(CCc1cccs1)c1n[nH]c(=S)n1C. The number of nitrogens with zero attached hydrogens (tertiary/aromatic N) is 3. The van der Waals surface area contributed by atoms with Crippen molar-refractivity contribution in [3.63, 3.8) is 0 Å². The number of anilines is 1. The first-order valence-electron chi connectivity index (χ1n) is 5.03. The maximum Gasteiger partial charge on any atom is 0.225 e. The number of H-pyrrole nitrogens is 1. The highest BCUT2D eigenvalue weighted by molar-refractivity contribution is 7.71. The minimum absolute atomic E-state index is 0.651. The highest BCUT2D eigenvalue weighted by atomic mass is 32.1. The van der Waals surface area contributed by atoms with E-state index in [1.54, 1.807) is 11.3 Å². The van der Waals surface area contributed by atoms with Crippen molar-refractivity contribution in [1.29, 1.82) is 0 Å². The molecule has 86 valence electrons. The lowest BCUT2D eigenvalue weighted by Crippen LogP contribution is -2.23. The maximum absolute atomic E-state index is 5.08. The standard InChI is InChI=1S/C10H14N4S2/c1-13(6-5-8-4-3-7-16-8)9-11-12-10(15)14(9)2/h3-4,7H,5-6H2,1-2H3,(H,12,15). The summed E-state index contributed by atoms with van der Waals surface area (Å²) in [5.41, 5.74) is 0. The van der Waals surface area contributed by atoms with Crippen LogP contribution in [0.2, 0.25) is 0 Å². The van der Waals surface area contributed by atoms with Gasteiger partial charge in [-0.3, -0.25) is 4.57 Å². The Balaban J connectivity index is 2.01. The van der Waals surface area contributed by atoms with E-state index in [0.29, 0.717) is 4.77 Å². The van der Waals surface area contributed by atoms with Crippen molar-refractivity contribution in [1.82, 2.24) is 14.8 Å². The predicted molar refractivity (Wildman–Crippen MR) is 69.7 cm³/mol. The number of aromatic amines is 1. The molecule has 0 aromatic carbocycles. The largest absolute Gasteiger partial charge is 0.344 e. The van der Waals surface area contributed by atoms with Crippen molar-refractivity contribution in [2.24, 2.45) is 7.05 Å². The van der Waals surface area contributed by atoms with E-state index in [1.165, 1.54) is 4.88 Å². The first kappa shape index (κ1) is 11.3. The van der Waals surface area contributed by atoms with Gasteiger partial charge in [0.05, 0.1) is 0 Å². The quantitative estimate of drug-likeness (QED) is 0.850. The number of hydrogen-bond donors (Lipinski definition) is 1. The highest BCUT2D eigenvalue weighted by Gasteiger charge is 2.07. The zero-order valence-corrected chi connectivity index (χ0v) is 10.9. The molecule has 0 saturated carbocycles. The Hall–Kier alpha value is -1.14. The van der Waals surface area contributed by atoms with Crippen molar-refractivity contribution in [3.8, 4) is 0 Å². The fraction of sp³-hybridized carbons (Fsp3) is 0.400. The maximum atomic E-state index is 5.08. The van der Waals surface area contributed by atoms with Gasteiger partial charge in [-0.25, -0.2) is 5.10 Å². The minimum atomic E-state index is 0.651. The minimum Gasteiger partial charge on any atom is -0.344 e. The summed E-state index contributed by atoms with van der Waals surface area (Å²) in [5, 5.41) is 9.08. The van der Waals surface area contributed by atoms with E-state index in [9.17, 15) is 0 Å². The Labute approximate surface area is 104 Å². The summed E-state index contributed by atoms with van der Waals surface area (Å²) >= 11 is 6.86. The van der Waals surface area contributed by atoms with Crippen molar-refractivity contribution < 1.29 is 0 Å². The first-order valence-corrected chi connectivity index (χ1v) is 6.32. The third kappa shape index (κ3) is 2.33. The Bertz CT molecular complexity index is 497. The molecule has 2 aromatic rings. The van der Waals surface area contributed by atoms with Crippen LogP contribution in [-0.2, 0) is 13.5 Å². The van der Waals surface area contributed by atoms with E-state index in [0.717, 1.165) is 18.9 Å². The molecule has 2 rings (SSSR count). The number of rotatable bonds is 4. The summed E-state index contributed by atoms with van der Waals surface area (Å²) in [6, 6.07) is 4.23. The molecule has 0 bridgehead atoms. The first-order chi connectivity index (χ1) is 7.68. The molecule has 2 aromatic heterocycles. The normalized spacial score (nSPS) is 10.6. The van der Waals surface area contributed by atoms with Gasteiger partial charge < -0.3 is 4.90 Å². The van der Waals surface area contributed by atoms with Crippen LogP contribution >= 0.6 is 23.6 Å². The molecule has 1 N–H and O–H groups in total. The van der Waals surface area contributed by atoms with Crippen LogP contribution in [0.4, 0.5) is 5.95 Å². The van der Waals surface area contributed by atoms with Gasteiger partial charge >= 0.3 is 0 Å². The number of hydrogen-bond acceptors (Lipinski definition) is 4. The van der Waals surface area contributed by atoms with E-state index >= 15 is 0 Å². The van der Waals surface area contributed by atoms with Gasteiger partial charge in [0.25, 0.3) is 0 Å². The van der Waals surface area contributed by atoms with Gasteiger partial charge in [0, 0.05) is 25.5 Å². The molecule has 0 spiro atoms. The number of thiophene rings is 1. The van der Waals surface area contributed by atoms with Crippen LogP contribution in [0.15, 0.2) is 17.5 Å². The van der Waals surface area contributed by atoms with Crippen LogP contribution in [0.25, 0.3) is 0 Å². The molecule has 0 amide bonds. The van der Waals surface area contributed by atoms with E-state index < -0.39 is 0 Å². The van der Waals surface area contributed by atoms with Crippen molar-refractivity contribution in [2.45, 2.75) is 6.42 Å². The Morgan fingerprint density at radius 2 is 2.44 bits per heavy atom. The summed E-state index contributed by atoms with van der Waals surface area (Å²) < 4.78 is 2.53. The smallest absolute Gasteiger partial charge is 0.225 e. The molecule has 0 aliphatic heterocycles. The topological polar surface area (TPSA) is 36.9 Å². The Kier molecular flexibility index (Phi) is 3.40. The van der Waals surface area contributed by atoms with Crippen molar-refractivity contribution in [2.75, 3.05) is 18.5 Å². The molecule has 0 atom stereocenters. The summed E-state index contributed by atoms with van der Waals surface area (Å²) in [5.74, 6) is 0.876. The predicted octanol–water partition coefficient (Wildman–Crippen LogP) is 2.22. The number of aromatic nitrogens is 3. The third-order valence-corrected chi connectivity index (χ3v) is 3.77. The summed E-state index contributed by atoms with van der Waals surface area (Å²) in [4.78, 5) is 3.50. The lowest BCUT2D eigenvalue weighted by Gasteiger charge is -2.16. The van der Waals surface area contributed by atoms with Crippen LogP contribution in [0.1, 0.15) is 4.88 Å². The van der Waals surface area contributed by atoms with Gasteiger partial charge in [-0.1, -0.05) is 6.07 Å².